The summed E-state index contributed by atoms with van der Waals surface area (Å²) in [6, 6.07) is 0. The van der Waals surface area contributed by atoms with Gasteiger partial charge in [0.25, 0.3) is 0 Å². The van der Waals surface area contributed by atoms with Crippen LogP contribution in [0.1, 0.15) is 14.8 Å². The van der Waals surface area contributed by atoms with Crippen LogP contribution in [0.2, 0.25) is 0 Å². The maximum atomic E-state index is 9.61. The van der Waals surface area contributed by atoms with Crippen LogP contribution < -0.4 is 18.9 Å². The largest absolute Gasteiger partial charge is 1.00 e. The van der Waals surface area contributed by atoms with E-state index in [2.05, 4.69) is 22.6 Å². The van der Waals surface area contributed by atoms with Gasteiger partial charge in [-0.1, -0.05) is 29.5 Å². The molecule has 0 spiro atoms. The smallest absolute Gasteiger partial charge is 1.00 e. The van der Waals surface area contributed by atoms with Crippen LogP contribution in [0.5, 0.6) is 0 Å². The van der Waals surface area contributed by atoms with Crippen LogP contribution >= 0.6 is 22.6 Å². The van der Waals surface area contributed by atoms with Crippen LogP contribution in [0.4, 0.5) is 0 Å². The van der Waals surface area contributed by atoms with Gasteiger partial charge in [-0.2, -0.15) is 0 Å². The van der Waals surface area contributed by atoms with Crippen molar-refractivity contribution in [2.75, 3.05) is 0 Å². The molecule has 1 unspecified atom stereocenters. The minimum atomic E-state index is 0. The molecular weight excluding hydrogens is 198 g/mol. The summed E-state index contributed by atoms with van der Waals surface area (Å²) in [5.41, 5.74) is 0. The van der Waals surface area contributed by atoms with E-state index in [0.717, 1.165) is 6.29 Å². The molecule has 0 aromatic rings. The van der Waals surface area contributed by atoms with E-state index in [0.29, 0.717) is 10.3 Å². The molecule has 0 bridgehead atoms. The van der Waals surface area contributed by atoms with Gasteiger partial charge in [0, 0.05) is 10.3 Å². The first kappa shape index (κ1) is 10.9. The quantitative estimate of drug-likeness (QED) is 0.233. The van der Waals surface area contributed by atoms with Crippen LogP contribution in [0, 0.1) is 0 Å². The van der Waals surface area contributed by atoms with E-state index in [4.69, 9.17) is 0 Å². The van der Waals surface area contributed by atoms with E-state index >= 15 is 0 Å². The maximum Gasteiger partial charge on any atom is 1.00 e. The Bertz CT molecular complexity index is 51.3. The third-order valence-electron chi connectivity index (χ3n) is 0.421. The number of aldehydes is 1. The molecule has 0 saturated carbocycles. The van der Waals surface area contributed by atoms with Crippen LogP contribution in [-0.2, 0) is 4.79 Å². The molecule has 0 aromatic carbocycles. The van der Waals surface area contributed by atoms with Gasteiger partial charge in [-0.15, -0.1) is 0 Å². The van der Waals surface area contributed by atoms with Crippen LogP contribution in [0.15, 0.2) is 0 Å². The summed E-state index contributed by atoms with van der Waals surface area (Å²) in [5.74, 6) is 0. The summed E-state index contributed by atoms with van der Waals surface area (Å²) in [5, 5.41) is 0. The molecule has 38 valence electrons. The zero-order valence-electron chi connectivity index (χ0n) is 5.65. The summed E-state index contributed by atoms with van der Waals surface area (Å²) < 4.78 is 0.500. The topological polar surface area (TPSA) is 17.1 Å². The number of hydrogen-bond donors (Lipinski definition) is 0. The minimum absolute atomic E-state index is 0. The second-order valence-electron chi connectivity index (χ2n) is 1.18. The Kier molecular flexibility index (Phi) is 10.9. The molecule has 0 rings (SSSR count). The standard InChI is InChI=1S/C4H7IO.Li.H/c1-4(5)2-3-6;;/h3-4H,2H2,1H3;;/q;+1;-1. The van der Waals surface area contributed by atoms with Gasteiger partial charge in [-0.05, 0) is 0 Å². The molecule has 0 amide bonds. The fourth-order valence-electron chi connectivity index (χ4n) is 0.133. The molecule has 7 heavy (non-hydrogen) atoms. The molecule has 1 atom stereocenters. The molecule has 0 aromatic heterocycles. The average Bonchev–Trinajstić information content (AvgIpc) is 1.35. The second-order valence-corrected chi connectivity index (χ2v) is 3.31. The van der Waals surface area contributed by atoms with Gasteiger partial charge in [-0.3, -0.25) is 0 Å². The molecule has 0 aliphatic rings. The van der Waals surface area contributed by atoms with E-state index in [1.54, 1.807) is 0 Å². The summed E-state index contributed by atoms with van der Waals surface area (Å²) in [6.07, 6.45) is 1.62. The van der Waals surface area contributed by atoms with Gasteiger partial charge >= 0.3 is 18.9 Å². The first-order chi connectivity index (χ1) is 2.77. The summed E-state index contributed by atoms with van der Waals surface area (Å²) in [4.78, 5) is 9.61. The maximum absolute atomic E-state index is 9.61. The van der Waals surface area contributed by atoms with Crippen molar-refractivity contribution in [1.82, 2.24) is 0 Å². The van der Waals surface area contributed by atoms with Gasteiger partial charge in [0.2, 0.25) is 0 Å². The first-order valence-corrected chi connectivity index (χ1v) is 3.09. The van der Waals surface area contributed by atoms with Crippen LogP contribution in [-0.4, -0.2) is 10.2 Å². The number of carbonyl (C=O) groups is 1. The van der Waals surface area contributed by atoms with Crippen molar-refractivity contribution >= 4 is 28.9 Å². The van der Waals surface area contributed by atoms with Gasteiger partial charge in [0.05, 0.1) is 0 Å². The summed E-state index contributed by atoms with van der Waals surface area (Å²) >= 11 is 2.21. The predicted molar refractivity (Wildman–Crippen MR) is 35.3 cm³/mol. The third kappa shape index (κ3) is 10.9. The third-order valence-corrected chi connectivity index (χ3v) is 0.930. The van der Waals surface area contributed by atoms with Crippen LogP contribution in [0.3, 0.4) is 0 Å². The minimum Gasteiger partial charge on any atom is -1.00 e. The number of halogens is 1. The SMILES string of the molecule is CC(I)CC=O.[H-].[Li+]. The molecule has 0 radical (unpaired) electrons. The first-order valence-electron chi connectivity index (χ1n) is 1.85. The Morgan fingerprint density at radius 1 is 2.00 bits per heavy atom. The number of hydrogen-bond acceptors (Lipinski definition) is 1. The zero-order valence-corrected chi connectivity index (χ0v) is 6.81. The molecule has 0 aliphatic carbocycles. The van der Waals surface area contributed by atoms with E-state index in [9.17, 15) is 4.79 Å². The van der Waals surface area contributed by atoms with E-state index in [-0.39, 0.29) is 20.3 Å². The van der Waals surface area contributed by atoms with Gasteiger partial charge in [0.15, 0.2) is 0 Å². The number of alkyl halides is 1. The van der Waals surface area contributed by atoms with Gasteiger partial charge in [-0.25, -0.2) is 0 Å². The molecule has 1 nitrogen and oxygen atoms in total. The normalized spacial score (nSPS) is 11.7. The molecule has 0 N–H and O–H groups in total. The Morgan fingerprint density at radius 3 is 2.43 bits per heavy atom. The van der Waals surface area contributed by atoms with Crippen molar-refractivity contribution in [1.29, 1.82) is 0 Å². The Balaban J connectivity index is -0.000000125. The van der Waals surface area contributed by atoms with Crippen molar-refractivity contribution in [2.45, 2.75) is 17.3 Å². The fourth-order valence-corrected chi connectivity index (χ4v) is 0.340. The second kappa shape index (κ2) is 7.00. The van der Waals surface area contributed by atoms with Crippen molar-refractivity contribution < 1.29 is 25.1 Å². The molecule has 0 saturated heterocycles. The number of carbonyl (C=O) groups excluding carboxylic acids is 1. The Hall–Kier alpha value is 0.997. The van der Waals surface area contributed by atoms with Gasteiger partial charge in [0.1, 0.15) is 6.29 Å². The molecular formula is C4H8ILiO. The molecule has 0 aliphatic heterocycles. The molecule has 3 heteroatoms. The monoisotopic (exact) mass is 206 g/mol. The van der Waals surface area contributed by atoms with Crippen molar-refractivity contribution in [2.24, 2.45) is 0 Å². The van der Waals surface area contributed by atoms with Crippen molar-refractivity contribution in [3.8, 4) is 0 Å². The van der Waals surface area contributed by atoms with Crippen molar-refractivity contribution in [3.63, 3.8) is 0 Å². The molecule has 0 fully saturated rings. The molecule has 0 heterocycles. The summed E-state index contributed by atoms with van der Waals surface area (Å²) in [6.45, 7) is 2.01. The average molecular weight is 206 g/mol. The van der Waals surface area contributed by atoms with E-state index in [1.165, 1.54) is 0 Å². The number of rotatable bonds is 2. The predicted octanol–water partition coefficient (Wildman–Crippen LogP) is -1.48. The Labute approximate surface area is 71.0 Å². The van der Waals surface area contributed by atoms with Crippen LogP contribution in [0.25, 0.3) is 0 Å². The van der Waals surface area contributed by atoms with E-state index < -0.39 is 0 Å². The van der Waals surface area contributed by atoms with Gasteiger partial charge < -0.3 is 6.22 Å². The zero-order chi connectivity index (χ0) is 4.99. The van der Waals surface area contributed by atoms with Crippen molar-refractivity contribution in [3.05, 3.63) is 0 Å². The summed E-state index contributed by atoms with van der Waals surface area (Å²) in [7, 11) is 0. The fraction of sp³-hybridized carbons (Fsp3) is 0.750. The Morgan fingerprint density at radius 2 is 2.43 bits per heavy atom. The van der Waals surface area contributed by atoms with E-state index in [1.807, 2.05) is 6.92 Å².